The van der Waals surface area contributed by atoms with Crippen molar-refractivity contribution in [2.75, 3.05) is 0 Å². The van der Waals surface area contributed by atoms with E-state index in [0.29, 0.717) is 28.8 Å². The van der Waals surface area contributed by atoms with Crippen molar-refractivity contribution in [1.29, 1.82) is 0 Å². The van der Waals surface area contributed by atoms with Crippen molar-refractivity contribution in [3.05, 3.63) is 29.6 Å². The van der Waals surface area contributed by atoms with Crippen molar-refractivity contribution >= 4 is 0 Å². The highest BCUT2D eigenvalue weighted by molar-refractivity contribution is 5.57. The van der Waals surface area contributed by atoms with Crippen molar-refractivity contribution < 1.29 is 14.4 Å². The highest BCUT2D eigenvalue weighted by Crippen LogP contribution is 2.27. The van der Waals surface area contributed by atoms with Gasteiger partial charge in [0.05, 0.1) is 24.6 Å². The molecule has 2 heterocycles. The van der Waals surface area contributed by atoms with Crippen LogP contribution < -0.4 is 4.74 Å². The number of aliphatic hydroxyl groups excluding tert-OH is 1. The molecule has 1 fully saturated rings. The first-order valence-electron chi connectivity index (χ1n) is 7.47. The summed E-state index contributed by atoms with van der Waals surface area (Å²) in [5.74, 6) is 1.31. The molecule has 112 valence electrons. The number of nitrogens with zero attached hydrogens (tertiary/aromatic N) is 2. The summed E-state index contributed by atoms with van der Waals surface area (Å²) in [5, 5.41) is 13.2. The summed E-state index contributed by atoms with van der Waals surface area (Å²) in [6, 6.07) is 3.74. The number of hydrogen-bond acceptors (Lipinski definition) is 5. The second-order valence-corrected chi connectivity index (χ2v) is 5.49. The van der Waals surface area contributed by atoms with Crippen LogP contribution in [0.5, 0.6) is 5.75 Å². The third-order valence-electron chi connectivity index (χ3n) is 3.97. The Morgan fingerprint density at radius 2 is 2.10 bits per heavy atom. The van der Waals surface area contributed by atoms with Gasteiger partial charge in [0.25, 0.3) is 0 Å². The molecule has 0 amide bonds. The molecule has 0 spiro atoms. The first-order chi connectivity index (χ1) is 10.3. The standard InChI is InChI=1S/C16H20N2O3/c1-11-14(10-19)16(21-18-11)15-8-7-13(9-17-15)20-12-5-3-2-4-6-12/h7-9,12,19H,2-6,10H2,1H3. The number of rotatable bonds is 4. The van der Waals surface area contributed by atoms with E-state index >= 15 is 0 Å². The number of aliphatic hydroxyl groups is 1. The lowest BCUT2D eigenvalue weighted by molar-refractivity contribution is 0.154. The summed E-state index contributed by atoms with van der Waals surface area (Å²) in [6.07, 6.45) is 8.07. The minimum atomic E-state index is -0.104. The van der Waals surface area contributed by atoms with E-state index in [9.17, 15) is 5.11 Å². The summed E-state index contributed by atoms with van der Waals surface area (Å²) in [6.45, 7) is 1.70. The van der Waals surface area contributed by atoms with Gasteiger partial charge in [0.2, 0.25) is 0 Å². The summed E-state index contributed by atoms with van der Waals surface area (Å²) in [7, 11) is 0. The average Bonchev–Trinajstić information content (AvgIpc) is 2.90. The van der Waals surface area contributed by atoms with Crippen LogP contribution in [0.15, 0.2) is 22.9 Å². The lowest BCUT2D eigenvalue weighted by atomic mass is 9.98. The molecule has 1 N–H and O–H groups in total. The first-order valence-corrected chi connectivity index (χ1v) is 7.47. The van der Waals surface area contributed by atoms with Gasteiger partial charge in [-0.25, -0.2) is 4.98 Å². The number of pyridine rings is 1. The highest BCUT2D eigenvalue weighted by atomic mass is 16.5. The molecule has 5 heteroatoms. The van der Waals surface area contributed by atoms with Crippen LogP contribution in [0.1, 0.15) is 43.4 Å². The topological polar surface area (TPSA) is 68.4 Å². The molecule has 0 atom stereocenters. The predicted molar refractivity (Wildman–Crippen MR) is 77.9 cm³/mol. The molecular formula is C16H20N2O3. The van der Waals surface area contributed by atoms with Crippen molar-refractivity contribution in [3.63, 3.8) is 0 Å². The van der Waals surface area contributed by atoms with E-state index in [2.05, 4.69) is 10.1 Å². The zero-order valence-corrected chi connectivity index (χ0v) is 12.2. The molecule has 2 aromatic heterocycles. The summed E-state index contributed by atoms with van der Waals surface area (Å²) >= 11 is 0. The van der Waals surface area contributed by atoms with Gasteiger partial charge >= 0.3 is 0 Å². The van der Waals surface area contributed by atoms with Crippen LogP contribution in [0, 0.1) is 6.92 Å². The quantitative estimate of drug-likeness (QED) is 0.935. The van der Waals surface area contributed by atoms with Crippen LogP contribution in [0.4, 0.5) is 0 Å². The Morgan fingerprint density at radius 1 is 1.29 bits per heavy atom. The van der Waals surface area contributed by atoms with Crippen LogP contribution in [-0.2, 0) is 6.61 Å². The van der Waals surface area contributed by atoms with Gasteiger partial charge in [-0.1, -0.05) is 11.6 Å². The zero-order valence-electron chi connectivity index (χ0n) is 12.2. The Bertz CT molecular complexity index is 586. The van der Waals surface area contributed by atoms with Gasteiger partial charge in [0, 0.05) is 5.56 Å². The first kappa shape index (κ1) is 14.1. The normalized spacial score (nSPS) is 16.1. The molecule has 0 saturated heterocycles. The fraction of sp³-hybridized carbons (Fsp3) is 0.500. The van der Waals surface area contributed by atoms with E-state index in [1.807, 2.05) is 12.1 Å². The maximum Gasteiger partial charge on any atom is 0.190 e. The summed E-state index contributed by atoms with van der Waals surface area (Å²) in [4.78, 5) is 4.37. The minimum Gasteiger partial charge on any atom is -0.489 e. The molecular weight excluding hydrogens is 268 g/mol. The molecule has 5 nitrogen and oxygen atoms in total. The van der Waals surface area contributed by atoms with Crippen LogP contribution in [0.25, 0.3) is 11.5 Å². The molecule has 1 aliphatic carbocycles. The third-order valence-corrected chi connectivity index (χ3v) is 3.97. The van der Waals surface area contributed by atoms with E-state index in [1.54, 1.807) is 13.1 Å². The van der Waals surface area contributed by atoms with Gasteiger partial charge in [-0.05, 0) is 44.7 Å². The predicted octanol–water partition coefficient (Wildman–Crippen LogP) is 3.25. The van der Waals surface area contributed by atoms with Gasteiger partial charge < -0.3 is 14.4 Å². The molecule has 1 aliphatic rings. The molecule has 0 bridgehead atoms. The number of ether oxygens (including phenoxy) is 1. The second-order valence-electron chi connectivity index (χ2n) is 5.49. The molecule has 0 aromatic carbocycles. The number of hydrogen-bond donors (Lipinski definition) is 1. The fourth-order valence-corrected chi connectivity index (χ4v) is 2.74. The van der Waals surface area contributed by atoms with Crippen molar-refractivity contribution in [2.24, 2.45) is 0 Å². The van der Waals surface area contributed by atoms with Gasteiger partial charge in [-0.15, -0.1) is 0 Å². The van der Waals surface area contributed by atoms with Crippen molar-refractivity contribution in [2.45, 2.75) is 51.7 Å². The lowest BCUT2D eigenvalue weighted by Gasteiger charge is -2.22. The van der Waals surface area contributed by atoms with E-state index in [-0.39, 0.29) is 6.61 Å². The summed E-state index contributed by atoms with van der Waals surface area (Å²) < 4.78 is 11.2. The Hall–Kier alpha value is -1.88. The van der Waals surface area contributed by atoms with Gasteiger partial charge in [0.1, 0.15) is 11.4 Å². The SMILES string of the molecule is Cc1noc(-c2ccc(OC3CCCCC3)cn2)c1CO. The number of aromatic nitrogens is 2. The molecule has 0 unspecified atom stereocenters. The van der Waals surface area contributed by atoms with Crippen molar-refractivity contribution in [3.8, 4) is 17.2 Å². The van der Waals surface area contributed by atoms with E-state index in [1.165, 1.54) is 19.3 Å². The Kier molecular flexibility index (Phi) is 4.20. The zero-order chi connectivity index (χ0) is 14.7. The Labute approximate surface area is 123 Å². The van der Waals surface area contributed by atoms with E-state index in [4.69, 9.17) is 9.26 Å². The monoisotopic (exact) mass is 288 g/mol. The molecule has 3 rings (SSSR count). The Balaban J connectivity index is 1.74. The van der Waals surface area contributed by atoms with Crippen molar-refractivity contribution in [1.82, 2.24) is 10.1 Å². The maximum atomic E-state index is 9.37. The molecule has 21 heavy (non-hydrogen) atoms. The average molecular weight is 288 g/mol. The van der Waals surface area contributed by atoms with E-state index in [0.717, 1.165) is 18.6 Å². The Morgan fingerprint density at radius 3 is 2.76 bits per heavy atom. The largest absolute Gasteiger partial charge is 0.489 e. The van der Waals surface area contributed by atoms with Crippen LogP contribution in [0.3, 0.4) is 0 Å². The molecule has 1 saturated carbocycles. The lowest BCUT2D eigenvalue weighted by Crippen LogP contribution is -2.19. The number of aryl methyl sites for hydroxylation is 1. The van der Waals surface area contributed by atoms with Gasteiger partial charge in [0.15, 0.2) is 5.76 Å². The molecule has 0 aliphatic heterocycles. The summed E-state index contributed by atoms with van der Waals surface area (Å²) in [5.41, 5.74) is 2.04. The third kappa shape index (κ3) is 3.08. The van der Waals surface area contributed by atoms with Gasteiger partial charge in [-0.3, -0.25) is 0 Å². The molecule has 2 aromatic rings. The smallest absolute Gasteiger partial charge is 0.190 e. The highest BCUT2D eigenvalue weighted by Gasteiger charge is 2.17. The van der Waals surface area contributed by atoms with Crippen LogP contribution in [0.2, 0.25) is 0 Å². The van der Waals surface area contributed by atoms with Crippen LogP contribution in [-0.4, -0.2) is 21.4 Å². The minimum absolute atomic E-state index is 0.104. The fourth-order valence-electron chi connectivity index (χ4n) is 2.74. The molecule has 0 radical (unpaired) electrons. The van der Waals surface area contributed by atoms with E-state index < -0.39 is 0 Å². The second kappa shape index (κ2) is 6.26. The maximum absolute atomic E-state index is 9.37. The van der Waals surface area contributed by atoms with Gasteiger partial charge in [-0.2, -0.15) is 0 Å². The van der Waals surface area contributed by atoms with Crippen LogP contribution >= 0.6 is 0 Å².